The lowest BCUT2D eigenvalue weighted by molar-refractivity contribution is -0.134. The molecule has 0 aromatic heterocycles. The van der Waals surface area contributed by atoms with Gasteiger partial charge >= 0.3 is 0 Å². The summed E-state index contributed by atoms with van der Waals surface area (Å²) in [4.78, 5) is 17.4. The number of hydrogen-bond acceptors (Lipinski definition) is 3. The fourth-order valence-corrected chi connectivity index (χ4v) is 4.88. The largest absolute Gasteiger partial charge is 0.340 e. The van der Waals surface area contributed by atoms with E-state index in [0.29, 0.717) is 12.0 Å². The van der Waals surface area contributed by atoms with Crippen molar-refractivity contribution in [3.05, 3.63) is 48.0 Å². The van der Waals surface area contributed by atoms with Gasteiger partial charge in [-0.1, -0.05) is 42.5 Å². The number of carbonyl (C=O) groups excluding carboxylic acids is 1. The molecule has 1 N–H and O–H groups in total. The maximum Gasteiger partial charge on any atom is 0.239 e. The SMILES string of the molecule is CN(Cc1cccc2ccccc12)C(=O)C1CC2(CCNCC2)CN1C.Cl.Cl. The molecule has 0 aliphatic carbocycles. The van der Waals surface area contributed by atoms with Gasteiger partial charge in [0, 0.05) is 20.1 Å². The molecule has 4 rings (SSSR count). The van der Waals surface area contributed by atoms with Gasteiger partial charge in [0.25, 0.3) is 0 Å². The van der Waals surface area contributed by atoms with Crippen LogP contribution in [0.25, 0.3) is 10.8 Å². The molecule has 2 fully saturated rings. The van der Waals surface area contributed by atoms with Crippen molar-refractivity contribution in [2.24, 2.45) is 5.41 Å². The number of carbonyl (C=O) groups is 1. The summed E-state index contributed by atoms with van der Waals surface area (Å²) in [5.74, 6) is 0.260. The van der Waals surface area contributed by atoms with E-state index in [9.17, 15) is 4.79 Å². The second-order valence-electron chi connectivity index (χ2n) is 8.22. The smallest absolute Gasteiger partial charge is 0.239 e. The fraction of sp³-hybridized carbons (Fsp3) is 0.500. The van der Waals surface area contributed by atoms with Crippen molar-refractivity contribution in [2.45, 2.75) is 31.8 Å². The number of hydrogen-bond donors (Lipinski definition) is 1. The van der Waals surface area contributed by atoms with Crippen LogP contribution in [0.2, 0.25) is 0 Å². The highest BCUT2D eigenvalue weighted by molar-refractivity contribution is 5.87. The van der Waals surface area contributed by atoms with E-state index in [2.05, 4.69) is 59.7 Å². The van der Waals surface area contributed by atoms with Gasteiger partial charge in [-0.05, 0) is 61.2 Å². The van der Waals surface area contributed by atoms with Crippen LogP contribution in [0.3, 0.4) is 0 Å². The first-order valence-corrected chi connectivity index (χ1v) is 9.71. The predicted molar refractivity (Wildman–Crippen MR) is 120 cm³/mol. The van der Waals surface area contributed by atoms with E-state index < -0.39 is 0 Å². The zero-order valence-corrected chi connectivity index (χ0v) is 18.3. The maximum absolute atomic E-state index is 13.2. The number of likely N-dealkylation sites (tertiary alicyclic amines) is 1. The topological polar surface area (TPSA) is 35.6 Å². The Bertz CT molecular complexity index is 802. The van der Waals surface area contributed by atoms with Gasteiger partial charge in [-0.25, -0.2) is 0 Å². The molecule has 1 amide bonds. The Morgan fingerprint density at radius 1 is 1.14 bits per heavy atom. The molecule has 1 unspecified atom stereocenters. The molecule has 2 heterocycles. The summed E-state index contributed by atoms with van der Waals surface area (Å²) < 4.78 is 0. The second-order valence-corrected chi connectivity index (χ2v) is 8.22. The Morgan fingerprint density at radius 2 is 1.82 bits per heavy atom. The minimum atomic E-state index is 0. The average Bonchev–Trinajstić information content (AvgIpc) is 2.97. The summed E-state index contributed by atoms with van der Waals surface area (Å²) in [6.07, 6.45) is 3.38. The number of amides is 1. The second kappa shape index (κ2) is 9.45. The van der Waals surface area contributed by atoms with Gasteiger partial charge in [0.1, 0.15) is 0 Å². The van der Waals surface area contributed by atoms with Crippen LogP contribution < -0.4 is 5.32 Å². The van der Waals surface area contributed by atoms with Crippen LogP contribution in [-0.2, 0) is 11.3 Å². The van der Waals surface area contributed by atoms with Crippen molar-refractivity contribution in [3.8, 4) is 0 Å². The Morgan fingerprint density at radius 3 is 2.57 bits per heavy atom. The molecule has 28 heavy (non-hydrogen) atoms. The highest BCUT2D eigenvalue weighted by Crippen LogP contribution is 2.41. The monoisotopic (exact) mass is 423 g/mol. The molecule has 0 radical (unpaired) electrons. The van der Waals surface area contributed by atoms with Crippen LogP contribution in [-0.4, -0.2) is 55.5 Å². The molecule has 1 spiro atoms. The minimum absolute atomic E-state index is 0. The summed E-state index contributed by atoms with van der Waals surface area (Å²) in [7, 11) is 4.07. The number of benzene rings is 2. The molecule has 6 heteroatoms. The molecule has 0 saturated carbocycles. The van der Waals surface area contributed by atoms with Crippen molar-refractivity contribution >= 4 is 41.5 Å². The van der Waals surface area contributed by atoms with Crippen molar-refractivity contribution in [3.63, 3.8) is 0 Å². The molecule has 1 atom stereocenters. The predicted octanol–water partition coefficient (Wildman–Crippen LogP) is 3.72. The Kier molecular flexibility index (Phi) is 7.74. The highest BCUT2D eigenvalue weighted by Gasteiger charge is 2.46. The third-order valence-corrected chi connectivity index (χ3v) is 6.36. The molecule has 2 aliphatic heterocycles. The first-order valence-electron chi connectivity index (χ1n) is 9.71. The zero-order chi connectivity index (χ0) is 18.1. The van der Waals surface area contributed by atoms with Gasteiger partial charge < -0.3 is 10.2 Å². The number of nitrogens with one attached hydrogen (secondary N) is 1. The number of rotatable bonds is 3. The first-order chi connectivity index (χ1) is 12.6. The van der Waals surface area contributed by atoms with E-state index in [-0.39, 0.29) is 36.8 Å². The van der Waals surface area contributed by atoms with Gasteiger partial charge in [-0.2, -0.15) is 0 Å². The molecule has 2 aliphatic rings. The molecule has 4 nitrogen and oxygen atoms in total. The maximum atomic E-state index is 13.2. The van der Waals surface area contributed by atoms with Crippen LogP contribution in [0.5, 0.6) is 0 Å². The lowest BCUT2D eigenvalue weighted by Gasteiger charge is -2.33. The number of likely N-dealkylation sites (N-methyl/N-ethyl adjacent to an activating group) is 2. The normalized spacial score (nSPS) is 21.1. The van der Waals surface area contributed by atoms with E-state index in [0.717, 1.165) is 26.1 Å². The lowest BCUT2D eigenvalue weighted by atomic mass is 9.77. The van der Waals surface area contributed by atoms with Crippen LogP contribution in [0, 0.1) is 5.41 Å². The summed E-state index contributed by atoms with van der Waals surface area (Å²) >= 11 is 0. The fourth-order valence-electron chi connectivity index (χ4n) is 4.88. The molecule has 154 valence electrons. The van der Waals surface area contributed by atoms with Crippen LogP contribution >= 0.6 is 24.8 Å². The Balaban J connectivity index is 0.00000140. The summed E-state index contributed by atoms with van der Waals surface area (Å²) in [6.45, 7) is 3.88. The minimum Gasteiger partial charge on any atom is -0.340 e. The number of fused-ring (bicyclic) bond motifs is 1. The summed E-state index contributed by atoms with van der Waals surface area (Å²) in [5.41, 5.74) is 1.55. The van der Waals surface area contributed by atoms with E-state index in [1.807, 2.05) is 11.9 Å². The van der Waals surface area contributed by atoms with Crippen molar-refractivity contribution in [2.75, 3.05) is 33.7 Å². The van der Waals surface area contributed by atoms with E-state index in [4.69, 9.17) is 0 Å². The molecule has 2 aromatic rings. The molecule has 2 aromatic carbocycles. The molecule has 2 saturated heterocycles. The number of nitrogens with zero attached hydrogens (tertiary/aromatic N) is 2. The van der Waals surface area contributed by atoms with Crippen LogP contribution in [0.15, 0.2) is 42.5 Å². The summed E-state index contributed by atoms with van der Waals surface area (Å²) in [5, 5.41) is 5.93. The third kappa shape index (κ3) is 4.46. The van der Waals surface area contributed by atoms with Crippen LogP contribution in [0.1, 0.15) is 24.8 Å². The van der Waals surface area contributed by atoms with Crippen LogP contribution in [0.4, 0.5) is 0 Å². The molecule has 0 bridgehead atoms. The highest BCUT2D eigenvalue weighted by atomic mass is 35.5. The first kappa shape index (κ1) is 23.0. The standard InChI is InChI=1S/C22H29N3O.2ClH/c1-24(15-18-8-5-7-17-6-3-4-9-19(17)18)21(26)20-14-22(16-25(20)2)10-12-23-13-11-22;;/h3-9,20,23H,10-16H2,1-2H3;2*1H. The Hall–Kier alpha value is -1.33. The van der Waals surface area contributed by atoms with Crippen molar-refractivity contribution in [1.29, 1.82) is 0 Å². The van der Waals surface area contributed by atoms with E-state index in [1.54, 1.807) is 0 Å². The molecular weight excluding hydrogens is 393 g/mol. The lowest BCUT2D eigenvalue weighted by Crippen LogP contribution is -2.42. The average molecular weight is 424 g/mol. The molecular formula is C22H31Cl2N3O. The van der Waals surface area contributed by atoms with Gasteiger partial charge in [-0.15, -0.1) is 24.8 Å². The summed E-state index contributed by atoms with van der Waals surface area (Å²) in [6, 6.07) is 14.8. The Labute approximate surface area is 180 Å². The number of halogens is 2. The third-order valence-electron chi connectivity index (χ3n) is 6.36. The van der Waals surface area contributed by atoms with Gasteiger partial charge in [-0.3, -0.25) is 9.69 Å². The van der Waals surface area contributed by atoms with Gasteiger partial charge in [0.15, 0.2) is 0 Å². The number of piperidine rings is 1. The van der Waals surface area contributed by atoms with E-state index >= 15 is 0 Å². The van der Waals surface area contributed by atoms with Gasteiger partial charge in [0.2, 0.25) is 5.91 Å². The quantitative estimate of drug-likeness (QED) is 0.816. The van der Waals surface area contributed by atoms with Crippen molar-refractivity contribution in [1.82, 2.24) is 15.1 Å². The zero-order valence-electron chi connectivity index (χ0n) is 16.7. The van der Waals surface area contributed by atoms with Gasteiger partial charge in [0.05, 0.1) is 6.04 Å². The van der Waals surface area contributed by atoms with Crippen molar-refractivity contribution < 1.29 is 4.79 Å². The van der Waals surface area contributed by atoms with E-state index in [1.165, 1.54) is 29.2 Å².